The molecule has 3 aromatic carbocycles. The van der Waals surface area contributed by atoms with E-state index in [1.807, 2.05) is 6.07 Å². The van der Waals surface area contributed by atoms with Gasteiger partial charge in [0.05, 0.1) is 7.11 Å². The minimum atomic E-state index is 0.903. The Morgan fingerprint density at radius 3 is 2.78 bits per heavy atom. The van der Waals surface area contributed by atoms with Gasteiger partial charge in [-0.05, 0) is 34.5 Å². The Hall–Kier alpha value is -2.74. The molecule has 0 bridgehead atoms. The van der Waals surface area contributed by atoms with Crippen molar-refractivity contribution in [3.63, 3.8) is 0 Å². The highest BCUT2D eigenvalue weighted by Gasteiger charge is 2.15. The van der Waals surface area contributed by atoms with Gasteiger partial charge in [-0.25, -0.2) is 0 Å². The van der Waals surface area contributed by atoms with E-state index in [9.17, 15) is 0 Å². The fourth-order valence-electron chi connectivity index (χ4n) is 3.27. The monoisotopic (exact) mass is 301 g/mol. The summed E-state index contributed by atoms with van der Waals surface area (Å²) in [5, 5.41) is 2.63. The molecule has 0 N–H and O–H groups in total. The van der Waals surface area contributed by atoms with Gasteiger partial charge < -0.3 is 9.64 Å². The van der Waals surface area contributed by atoms with Gasteiger partial charge in [-0.3, -0.25) is 0 Å². The Morgan fingerprint density at radius 2 is 1.87 bits per heavy atom. The molecule has 1 heterocycles. The van der Waals surface area contributed by atoms with Crippen LogP contribution in [0.25, 0.3) is 16.8 Å². The van der Waals surface area contributed by atoms with Gasteiger partial charge in [-0.15, -0.1) is 0 Å². The van der Waals surface area contributed by atoms with Crippen molar-refractivity contribution in [2.75, 3.05) is 18.6 Å². The predicted octanol–water partition coefficient (Wildman–Crippen LogP) is 4.88. The quantitative estimate of drug-likeness (QED) is 0.683. The molecular formula is C21H19NO. The smallest absolute Gasteiger partial charge is 0.119 e. The van der Waals surface area contributed by atoms with Crippen LogP contribution in [0.2, 0.25) is 0 Å². The molecule has 0 spiro atoms. The third-order valence-electron chi connectivity index (χ3n) is 4.44. The molecule has 1 aliphatic heterocycles. The number of methoxy groups -OCH3 is 1. The molecule has 0 atom stereocenters. The molecule has 0 unspecified atom stereocenters. The average Bonchev–Trinajstić information content (AvgIpc) is 2.62. The second-order valence-electron chi connectivity index (χ2n) is 5.85. The van der Waals surface area contributed by atoms with Crippen LogP contribution in [0.1, 0.15) is 11.1 Å². The molecular weight excluding hydrogens is 282 g/mol. The van der Waals surface area contributed by atoms with E-state index in [2.05, 4.69) is 71.6 Å². The highest BCUT2D eigenvalue weighted by molar-refractivity contribution is 5.86. The zero-order valence-corrected chi connectivity index (χ0v) is 13.2. The number of rotatable bonds is 3. The molecule has 114 valence electrons. The number of hydrogen-bond donors (Lipinski definition) is 0. The summed E-state index contributed by atoms with van der Waals surface area (Å²) < 4.78 is 5.34. The van der Waals surface area contributed by atoms with Crippen molar-refractivity contribution < 1.29 is 4.74 Å². The van der Waals surface area contributed by atoms with Crippen molar-refractivity contribution in [1.82, 2.24) is 0 Å². The molecule has 4 rings (SSSR count). The van der Waals surface area contributed by atoms with Crippen LogP contribution in [0.5, 0.6) is 5.75 Å². The summed E-state index contributed by atoms with van der Waals surface area (Å²) in [6.45, 7) is 1.84. The minimum absolute atomic E-state index is 0.903. The van der Waals surface area contributed by atoms with Crippen LogP contribution < -0.4 is 9.64 Å². The molecule has 0 radical (unpaired) electrons. The van der Waals surface area contributed by atoms with E-state index < -0.39 is 0 Å². The summed E-state index contributed by atoms with van der Waals surface area (Å²) in [6, 6.07) is 21.4. The minimum Gasteiger partial charge on any atom is -0.497 e. The standard InChI is InChI=1S/C21H19NO/c1-23-19-11-12-21-17(14-19)9-5-13-22(21)15-18-8-4-7-16-6-2-3-10-20(16)18/h2-12,14H,13,15H2,1H3. The second-order valence-corrected chi connectivity index (χ2v) is 5.85. The average molecular weight is 301 g/mol. The first-order valence-electron chi connectivity index (χ1n) is 7.91. The number of ether oxygens (including phenoxy) is 1. The van der Waals surface area contributed by atoms with E-state index >= 15 is 0 Å². The first-order chi connectivity index (χ1) is 11.3. The topological polar surface area (TPSA) is 12.5 Å². The lowest BCUT2D eigenvalue weighted by Gasteiger charge is -2.29. The zero-order valence-electron chi connectivity index (χ0n) is 13.2. The molecule has 0 aromatic heterocycles. The fourth-order valence-corrected chi connectivity index (χ4v) is 3.27. The Morgan fingerprint density at radius 1 is 1.00 bits per heavy atom. The summed E-state index contributed by atoms with van der Waals surface area (Å²) in [4.78, 5) is 2.41. The van der Waals surface area contributed by atoms with Gasteiger partial charge in [0.15, 0.2) is 0 Å². The lowest BCUT2D eigenvalue weighted by Crippen LogP contribution is -2.25. The van der Waals surface area contributed by atoms with Crippen LogP contribution in [-0.4, -0.2) is 13.7 Å². The molecule has 2 heteroatoms. The highest BCUT2D eigenvalue weighted by Crippen LogP contribution is 2.31. The molecule has 2 nitrogen and oxygen atoms in total. The second kappa shape index (κ2) is 5.81. The summed E-state index contributed by atoms with van der Waals surface area (Å²) in [5.41, 5.74) is 3.84. The van der Waals surface area contributed by atoms with Gasteiger partial charge in [0.1, 0.15) is 5.75 Å². The van der Waals surface area contributed by atoms with Crippen LogP contribution in [0.4, 0.5) is 5.69 Å². The highest BCUT2D eigenvalue weighted by atomic mass is 16.5. The largest absolute Gasteiger partial charge is 0.497 e. The van der Waals surface area contributed by atoms with Crippen molar-refractivity contribution in [3.8, 4) is 5.75 Å². The maximum atomic E-state index is 5.34. The van der Waals surface area contributed by atoms with Gasteiger partial charge in [0, 0.05) is 24.3 Å². The Bertz CT molecular complexity index is 877. The van der Waals surface area contributed by atoms with Gasteiger partial charge in [-0.1, -0.05) is 54.6 Å². The first kappa shape index (κ1) is 13.9. The van der Waals surface area contributed by atoms with Crippen LogP contribution >= 0.6 is 0 Å². The van der Waals surface area contributed by atoms with Crippen LogP contribution in [0.15, 0.2) is 66.7 Å². The van der Waals surface area contributed by atoms with Crippen molar-refractivity contribution in [1.29, 1.82) is 0 Å². The van der Waals surface area contributed by atoms with E-state index in [0.717, 1.165) is 18.8 Å². The molecule has 0 saturated heterocycles. The van der Waals surface area contributed by atoms with Crippen molar-refractivity contribution in [2.45, 2.75) is 6.54 Å². The summed E-state index contributed by atoms with van der Waals surface area (Å²) in [7, 11) is 1.71. The number of benzene rings is 3. The Kier molecular flexibility index (Phi) is 3.51. The summed E-state index contributed by atoms with van der Waals surface area (Å²) in [5.74, 6) is 0.903. The van der Waals surface area contributed by atoms with Gasteiger partial charge >= 0.3 is 0 Å². The molecule has 0 fully saturated rings. The fraction of sp³-hybridized carbons (Fsp3) is 0.143. The van der Waals surface area contributed by atoms with Crippen LogP contribution in [0.3, 0.4) is 0 Å². The maximum Gasteiger partial charge on any atom is 0.119 e. The SMILES string of the molecule is COc1ccc2c(c1)C=CCN2Cc1cccc2ccccc12. The zero-order chi connectivity index (χ0) is 15.6. The lowest BCUT2D eigenvalue weighted by molar-refractivity contribution is 0.414. The van der Waals surface area contributed by atoms with E-state index in [4.69, 9.17) is 4.74 Å². The van der Waals surface area contributed by atoms with Crippen molar-refractivity contribution in [3.05, 3.63) is 77.9 Å². The normalized spacial score (nSPS) is 13.2. The van der Waals surface area contributed by atoms with Gasteiger partial charge in [0.25, 0.3) is 0 Å². The van der Waals surface area contributed by atoms with Crippen LogP contribution in [-0.2, 0) is 6.54 Å². The molecule has 1 aliphatic rings. The summed E-state index contributed by atoms with van der Waals surface area (Å²) >= 11 is 0. The predicted molar refractivity (Wildman–Crippen MR) is 97.0 cm³/mol. The van der Waals surface area contributed by atoms with Crippen LogP contribution in [0, 0.1) is 0 Å². The third kappa shape index (κ3) is 2.57. The Balaban J connectivity index is 1.71. The molecule has 3 aromatic rings. The third-order valence-corrected chi connectivity index (χ3v) is 4.44. The molecule has 0 aliphatic carbocycles. The van der Waals surface area contributed by atoms with Gasteiger partial charge in [-0.2, -0.15) is 0 Å². The van der Waals surface area contributed by atoms with Gasteiger partial charge in [0.2, 0.25) is 0 Å². The lowest BCUT2D eigenvalue weighted by atomic mass is 10.0. The first-order valence-corrected chi connectivity index (χ1v) is 7.91. The number of hydrogen-bond acceptors (Lipinski definition) is 2. The Labute approximate surface area is 136 Å². The molecule has 23 heavy (non-hydrogen) atoms. The van der Waals surface area contributed by atoms with E-state index in [1.54, 1.807) is 7.11 Å². The van der Waals surface area contributed by atoms with Crippen molar-refractivity contribution >= 4 is 22.5 Å². The van der Waals surface area contributed by atoms with E-state index in [1.165, 1.54) is 27.6 Å². The van der Waals surface area contributed by atoms with E-state index in [0.29, 0.717) is 0 Å². The number of fused-ring (bicyclic) bond motifs is 2. The van der Waals surface area contributed by atoms with E-state index in [-0.39, 0.29) is 0 Å². The summed E-state index contributed by atoms with van der Waals surface area (Å²) in [6.07, 6.45) is 4.39. The molecule has 0 amide bonds. The molecule has 0 saturated carbocycles. The number of anilines is 1. The maximum absolute atomic E-state index is 5.34. The van der Waals surface area contributed by atoms with Crippen molar-refractivity contribution in [2.24, 2.45) is 0 Å². The number of nitrogens with zero attached hydrogens (tertiary/aromatic N) is 1.